The fraction of sp³-hybridized carbons (Fsp3) is 0.593. The van der Waals surface area contributed by atoms with E-state index in [0.29, 0.717) is 40.8 Å². The molecule has 0 bridgehead atoms. The maximum absolute atomic E-state index is 12.7. The lowest BCUT2D eigenvalue weighted by Gasteiger charge is -2.40. The Morgan fingerprint density at radius 3 is 2.56 bits per heavy atom. The number of rotatable bonds is 9. The number of anilines is 2. The van der Waals surface area contributed by atoms with Gasteiger partial charge in [-0.25, -0.2) is 18.4 Å². The van der Waals surface area contributed by atoms with Gasteiger partial charge in [0.1, 0.15) is 37.8 Å². The summed E-state index contributed by atoms with van der Waals surface area (Å²) in [6, 6.07) is 1.28. The number of aliphatic hydroxyl groups excluding tert-OH is 2. The third-order valence-corrected chi connectivity index (χ3v) is 10.5. The van der Waals surface area contributed by atoms with Crippen LogP contribution in [0, 0.1) is 12.8 Å². The molecule has 0 aliphatic heterocycles. The number of hydrogen-bond donors (Lipinski definition) is 5. The van der Waals surface area contributed by atoms with Gasteiger partial charge in [0.05, 0.1) is 39.5 Å². The molecule has 3 heterocycles. The monoisotopic (exact) mass is 601 g/mol. The highest BCUT2D eigenvalue weighted by Crippen LogP contribution is 2.45. The molecule has 12 nitrogen and oxygen atoms in total. The lowest BCUT2D eigenvalue weighted by atomic mass is 9.76. The topological polar surface area (TPSA) is 179 Å². The molecule has 41 heavy (non-hydrogen) atoms. The molecule has 1 amide bonds. The second-order valence-corrected chi connectivity index (χ2v) is 14.9. The van der Waals surface area contributed by atoms with Gasteiger partial charge in [0.2, 0.25) is 11.9 Å². The predicted molar refractivity (Wildman–Crippen MR) is 157 cm³/mol. The van der Waals surface area contributed by atoms with Gasteiger partial charge in [-0.05, 0) is 51.5 Å². The average molecular weight is 602 g/mol. The van der Waals surface area contributed by atoms with Crippen molar-refractivity contribution in [2.24, 2.45) is 5.92 Å². The zero-order valence-corrected chi connectivity index (χ0v) is 24.8. The number of aryl methyl sites for hydroxylation is 1. The Kier molecular flexibility index (Phi) is 7.15. The highest BCUT2D eigenvalue weighted by atomic mass is 32.2. The predicted octanol–water partition coefficient (Wildman–Crippen LogP) is 1.98. The van der Waals surface area contributed by atoms with E-state index in [1.807, 2.05) is 19.2 Å². The molecule has 0 saturated heterocycles. The largest absolute Gasteiger partial charge is 0.390 e. The van der Waals surface area contributed by atoms with Gasteiger partial charge in [-0.2, -0.15) is 4.98 Å². The van der Waals surface area contributed by atoms with Crippen LogP contribution in [0.25, 0.3) is 20.8 Å². The van der Waals surface area contributed by atoms with Crippen molar-refractivity contribution in [3.8, 4) is 10.6 Å². The van der Waals surface area contributed by atoms with E-state index >= 15 is 0 Å². The molecule has 1 unspecified atom stereocenters. The number of hydrogen-bond acceptors (Lipinski definition) is 12. The summed E-state index contributed by atoms with van der Waals surface area (Å²) >= 11 is 1.50. The molecule has 0 aromatic carbocycles. The van der Waals surface area contributed by atoms with E-state index in [1.54, 1.807) is 7.05 Å². The number of fused-ring (bicyclic) bond motifs is 1. The summed E-state index contributed by atoms with van der Waals surface area (Å²) in [7, 11) is -1.76. The van der Waals surface area contributed by atoms with Crippen LogP contribution in [0.4, 0.5) is 11.8 Å². The van der Waals surface area contributed by atoms with Gasteiger partial charge in [0.25, 0.3) is 0 Å². The summed E-state index contributed by atoms with van der Waals surface area (Å²) in [5.41, 5.74) is 2.32. The van der Waals surface area contributed by atoms with Crippen molar-refractivity contribution in [3.05, 3.63) is 23.7 Å². The summed E-state index contributed by atoms with van der Waals surface area (Å²) in [5, 5.41) is 31.5. The third-order valence-electron chi connectivity index (χ3n) is 8.46. The summed E-state index contributed by atoms with van der Waals surface area (Å²) in [6.07, 6.45) is 5.15. The van der Waals surface area contributed by atoms with Crippen LogP contribution in [-0.4, -0.2) is 87.3 Å². The number of carbonyl (C=O) groups excluding carboxylic acids is 1. The van der Waals surface area contributed by atoms with Crippen molar-refractivity contribution in [1.82, 2.24) is 25.3 Å². The fourth-order valence-electron chi connectivity index (χ4n) is 6.02. The molecule has 3 fully saturated rings. The first kappa shape index (κ1) is 28.2. The Hall–Kier alpha value is -2.94. The zero-order chi connectivity index (χ0) is 29.1. The molecule has 3 saturated carbocycles. The average Bonchev–Trinajstić information content (AvgIpc) is 3.60. The van der Waals surface area contributed by atoms with Gasteiger partial charge in [0.15, 0.2) is 0 Å². The zero-order valence-electron chi connectivity index (χ0n) is 23.2. The van der Waals surface area contributed by atoms with Crippen LogP contribution in [0.3, 0.4) is 0 Å². The lowest BCUT2D eigenvalue weighted by molar-refractivity contribution is -0.127. The number of likely N-dealkylation sites (N-methyl/N-ethyl adjacent to an activating group) is 1. The van der Waals surface area contributed by atoms with Crippen LogP contribution in [-0.2, 0) is 14.6 Å². The number of nitrogens with zero attached hydrogens (tertiary/aromatic N) is 4. The Morgan fingerprint density at radius 1 is 1.17 bits per heavy atom. The molecule has 6 rings (SSSR count). The van der Waals surface area contributed by atoms with Crippen LogP contribution in [0.5, 0.6) is 0 Å². The fourth-order valence-corrected chi connectivity index (χ4v) is 8.19. The standard InChI is InChI=1S/C27H35N7O5S2/c1-13-18(24-32-20-17(40-24)7-10-29-19(20)14-5-6-14)23(31-16-11-15(12-41(3,38)39)21(35)22(16)36)33-26(30-13)34-27(8-4-9-27)25(37)28-2/h7,10,14-16,21-22,35-36H,4-6,8-9,11-12H2,1-3H3,(H,28,37)(H2,30,31,33,34)/t15-,16?,21-,22+/m1/s1. The van der Waals surface area contributed by atoms with Gasteiger partial charge in [-0.1, -0.05) is 0 Å². The molecule has 0 radical (unpaired) electrons. The van der Waals surface area contributed by atoms with E-state index in [2.05, 4.69) is 20.9 Å². The van der Waals surface area contributed by atoms with Crippen LogP contribution >= 0.6 is 11.3 Å². The second kappa shape index (κ2) is 10.4. The summed E-state index contributed by atoms with van der Waals surface area (Å²) in [5.74, 6) is 0.0905. The smallest absolute Gasteiger partial charge is 0.245 e. The molecule has 3 aromatic heterocycles. The van der Waals surface area contributed by atoms with E-state index in [0.717, 1.165) is 41.4 Å². The molecule has 5 N–H and O–H groups in total. The van der Waals surface area contributed by atoms with E-state index in [1.165, 1.54) is 11.3 Å². The van der Waals surface area contributed by atoms with E-state index < -0.39 is 39.5 Å². The minimum absolute atomic E-state index is 0.132. The van der Waals surface area contributed by atoms with Crippen molar-refractivity contribution >= 4 is 49.1 Å². The number of nitrogens with one attached hydrogen (secondary N) is 3. The number of carbonyl (C=O) groups is 1. The van der Waals surface area contributed by atoms with Crippen LogP contribution in [0.15, 0.2) is 12.3 Å². The van der Waals surface area contributed by atoms with Crippen LogP contribution < -0.4 is 16.0 Å². The summed E-state index contributed by atoms with van der Waals surface area (Å²) in [6.45, 7) is 1.85. The molecular weight excluding hydrogens is 566 g/mol. The Labute approximate surface area is 242 Å². The van der Waals surface area contributed by atoms with E-state index in [9.17, 15) is 23.4 Å². The van der Waals surface area contributed by atoms with Crippen molar-refractivity contribution in [3.63, 3.8) is 0 Å². The van der Waals surface area contributed by atoms with Crippen molar-refractivity contribution in [1.29, 1.82) is 0 Å². The normalized spacial score (nSPS) is 25.6. The van der Waals surface area contributed by atoms with Gasteiger partial charge in [-0.15, -0.1) is 11.3 Å². The maximum atomic E-state index is 12.7. The number of aromatic nitrogens is 4. The molecule has 3 aromatic rings. The minimum Gasteiger partial charge on any atom is -0.390 e. The van der Waals surface area contributed by atoms with Gasteiger partial charge >= 0.3 is 0 Å². The van der Waals surface area contributed by atoms with E-state index in [-0.39, 0.29) is 24.0 Å². The first-order valence-corrected chi connectivity index (χ1v) is 16.8. The van der Waals surface area contributed by atoms with E-state index in [4.69, 9.17) is 15.0 Å². The van der Waals surface area contributed by atoms with Gasteiger partial charge in [-0.3, -0.25) is 9.78 Å². The molecular formula is C27H35N7O5S2. The number of thiazole rings is 1. The van der Waals surface area contributed by atoms with Crippen molar-refractivity contribution in [2.75, 3.05) is 29.7 Å². The quantitative estimate of drug-likeness (QED) is 0.242. The SMILES string of the molecule is CNC(=O)C1(Nc2nc(C)c(-c3nc4c(C5CC5)nccc4s3)c(NC3C[C@H](CS(C)(=O)=O)[C@@H](O)[C@H]3O)n2)CCC1. The first-order valence-electron chi connectivity index (χ1n) is 13.9. The number of amides is 1. The van der Waals surface area contributed by atoms with Crippen LogP contribution in [0.1, 0.15) is 55.8 Å². The molecule has 14 heteroatoms. The highest BCUT2D eigenvalue weighted by molar-refractivity contribution is 7.90. The van der Waals surface area contributed by atoms with Gasteiger partial charge in [0, 0.05) is 31.3 Å². The Bertz CT molecular complexity index is 1600. The first-order chi connectivity index (χ1) is 19.5. The van der Waals surface area contributed by atoms with Gasteiger partial charge < -0.3 is 26.2 Å². The molecule has 220 valence electrons. The Morgan fingerprint density at radius 2 is 1.93 bits per heavy atom. The molecule has 3 aliphatic carbocycles. The number of pyridine rings is 1. The molecule has 3 aliphatic rings. The molecule has 4 atom stereocenters. The van der Waals surface area contributed by atoms with Crippen LogP contribution in [0.2, 0.25) is 0 Å². The highest BCUT2D eigenvalue weighted by Gasteiger charge is 2.45. The Balaban J connectivity index is 1.40. The molecule has 0 spiro atoms. The third kappa shape index (κ3) is 5.38. The number of sulfone groups is 1. The summed E-state index contributed by atoms with van der Waals surface area (Å²) < 4.78 is 24.9. The number of aliphatic hydroxyl groups is 2. The van der Waals surface area contributed by atoms with Crippen molar-refractivity contribution in [2.45, 2.75) is 75.2 Å². The summed E-state index contributed by atoms with van der Waals surface area (Å²) in [4.78, 5) is 31.8. The van der Waals surface area contributed by atoms with Crippen molar-refractivity contribution < 1.29 is 23.4 Å². The minimum atomic E-state index is -3.36. The maximum Gasteiger partial charge on any atom is 0.245 e. The second-order valence-electron chi connectivity index (χ2n) is 11.7. The lowest BCUT2D eigenvalue weighted by Crippen LogP contribution is -2.56.